The van der Waals surface area contributed by atoms with Crippen LogP contribution >= 0.6 is 0 Å². The van der Waals surface area contributed by atoms with Gasteiger partial charge in [0.1, 0.15) is 5.75 Å². The average molecular weight is 367 g/mol. The van der Waals surface area contributed by atoms with Gasteiger partial charge in [0.15, 0.2) is 6.61 Å². The second-order valence-corrected chi connectivity index (χ2v) is 5.95. The molecule has 0 atom stereocenters. The molecule has 1 amide bonds. The number of ether oxygens (including phenoxy) is 1. The lowest BCUT2D eigenvalue weighted by atomic mass is 10.1. The first kappa shape index (κ1) is 18.6. The van der Waals surface area contributed by atoms with E-state index in [0.29, 0.717) is 29.6 Å². The maximum absolute atomic E-state index is 13.1. The summed E-state index contributed by atoms with van der Waals surface area (Å²) in [5.41, 5.74) is 1.40. The summed E-state index contributed by atoms with van der Waals surface area (Å²) in [6, 6.07) is 16.6. The lowest BCUT2D eigenvalue weighted by Crippen LogP contribution is -2.33. The first-order valence-electron chi connectivity index (χ1n) is 8.62. The summed E-state index contributed by atoms with van der Waals surface area (Å²) in [7, 11) is 0. The van der Waals surface area contributed by atoms with Gasteiger partial charge in [-0.25, -0.2) is 0 Å². The number of aliphatic hydroxyl groups excluding tert-OH is 1. The minimum absolute atomic E-state index is 0.0975. The smallest absolute Gasteiger partial charge is 0.257 e. The minimum Gasteiger partial charge on any atom is -0.485 e. The van der Waals surface area contributed by atoms with Crippen LogP contribution in [0, 0.1) is 6.92 Å². The zero-order chi connectivity index (χ0) is 19.1. The van der Waals surface area contributed by atoms with Crippen molar-refractivity contribution < 1.29 is 19.2 Å². The number of aryl methyl sites for hydroxylation is 1. The molecule has 0 fully saturated rings. The SMILES string of the molecule is Cc1nc(COc2ccccc2C(=O)N(CCO)Cc2ccccc2)no1. The van der Waals surface area contributed by atoms with Crippen LogP contribution in [0.4, 0.5) is 0 Å². The van der Waals surface area contributed by atoms with E-state index in [9.17, 15) is 9.90 Å². The first-order chi connectivity index (χ1) is 13.2. The van der Waals surface area contributed by atoms with E-state index in [2.05, 4.69) is 10.1 Å². The van der Waals surface area contributed by atoms with Crippen molar-refractivity contribution in [3.8, 4) is 5.75 Å². The number of carbonyl (C=O) groups excluding carboxylic acids is 1. The Morgan fingerprint density at radius 3 is 2.59 bits per heavy atom. The number of hydrogen-bond acceptors (Lipinski definition) is 6. The molecule has 7 nitrogen and oxygen atoms in total. The van der Waals surface area contributed by atoms with E-state index < -0.39 is 0 Å². The predicted octanol–water partition coefficient (Wildman–Crippen LogP) is 2.59. The minimum atomic E-state index is -0.215. The number of benzene rings is 2. The Balaban J connectivity index is 1.77. The molecule has 0 unspecified atom stereocenters. The zero-order valence-electron chi connectivity index (χ0n) is 15.0. The normalized spacial score (nSPS) is 10.6. The Morgan fingerprint density at radius 1 is 1.15 bits per heavy atom. The molecular weight excluding hydrogens is 346 g/mol. The molecule has 3 rings (SSSR count). The molecule has 0 radical (unpaired) electrons. The van der Waals surface area contributed by atoms with Crippen molar-refractivity contribution >= 4 is 5.91 Å². The van der Waals surface area contributed by atoms with E-state index in [4.69, 9.17) is 9.26 Å². The molecule has 0 spiro atoms. The number of carbonyl (C=O) groups is 1. The third-order valence-electron chi connectivity index (χ3n) is 3.92. The summed E-state index contributed by atoms with van der Waals surface area (Å²) in [5.74, 6) is 1.08. The number of rotatable bonds is 8. The van der Waals surface area contributed by atoms with Crippen LogP contribution < -0.4 is 4.74 Å². The Labute approximate surface area is 157 Å². The highest BCUT2D eigenvalue weighted by Gasteiger charge is 2.20. The molecule has 2 aromatic carbocycles. The summed E-state index contributed by atoms with van der Waals surface area (Å²) < 4.78 is 10.7. The van der Waals surface area contributed by atoms with Crippen molar-refractivity contribution in [2.75, 3.05) is 13.2 Å². The number of aromatic nitrogens is 2. The highest BCUT2D eigenvalue weighted by Crippen LogP contribution is 2.22. The van der Waals surface area contributed by atoms with Gasteiger partial charge in [-0.15, -0.1) is 0 Å². The van der Waals surface area contributed by atoms with Crippen LogP contribution in [0.5, 0.6) is 5.75 Å². The molecule has 27 heavy (non-hydrogen) atoms. The quantitative estimate of drug-likeness (QED) is 0.658. The van der Waals surface area contributed by atoms with Gasteiger partial charge in [-0.1, -0.05) is 47.6 Å². The van der Waals surface area contributed by atoms with Crippen molar-refractivity contribution in [1.82, 2.24) is 15.0 Å². The van der Waals surface area contributed by atoms with Gasteiger partial charge in [0.2, 0.25) is 11.7 Å². The third kappa shape index (κ3) is 4.92. The fourth-order valence-electron chi connectivity index (χ4n) is 2.66. The van der Waals surface area contributed by atoms with Crippen LogP contribution in [0.25, 0.3) is 0 Å². The molecule has 0 aliphatic heterocycles. The number of aliphatic hydroxyl groups is 1. The Kier molecular flexibility index (Phi) is 6.17. The van der Waals surface area contributed by atoms with Gasteiger partial charge in [0.25, 0.3) is 5.91 Å². The van der Waals surface area contributed by atoms with E-state index in [1.54, 1.807) is 36.1 Å². The van der Waals surface area contributed by atoms with Crippen LogP contribution in [0.1, 0.15) is 27.6 Å². The van der Waals surface area contributed by atoms with Crippen molar-refractivity contribution in [3.05, 3.63) is 77.4 Å². The second kappa shape index (κ2) is 8.95. The molecule has 0 saturated heterocycles. The third-order valence-corrected chi connectivity index (χ3v) is 3.92. The molecule has 1 N–H and O–H groups in total. The fraction of sp³-hybridized carbons (Fsp3) is 0.250. The number of hydrogen-bond donors (Lipinski definition) is 1. The lowest BCUT2D eigenvalue weighted by Gasteiger charge is -2.23. The lowest BCUT2D eigenvalue weighted by molar-refractivity contribution is 0.0702. The van der Waals surface area contributed by atoms with Gasteiger partial charge in [-0.3, -0.25) is 4.79 Å². The van der Waals surface area contributed by atoms with Gasteiger partial charge >= 0.3 is 0 Å². The van der Waals surface area contributed by atoms with E-state index in [0.717, 1.165) is 5.56 Å². The van der Waals surface area contributed by atoms with E-state index in [1.165, 1.54) is 0 Å². The molecule has 0 aliphatic carbocycles. The Morgan fingerprint density at radius 2 is 1.89 bits per heavy atom. The van der Waals surface area contributed by atoms with Crippen molar-refractivity contribution in [1.29, 1.82) is 0 Å². The van der Waals surface area contributed by atoms with Crippen LogP contribution in [0.2, 0.25) is 0 Å². The first-order valence-corrected chi connectivity index (χ1v) is 8.62. The number of amides is 1. The molecule has 7 heteroatoms. The Bertz CT molecular complexity index is 880. The summed E-state index contributed by atoms with van der Waals surface area (Å²) in [6.45, 7) is 2.30. The summed E-state index contributed by atoms with van der Waals surface area (Å²) >= 11 is 0. The van der Waals surface area contributed by atoms with E-state index in [1.807, 2.05) is 30.3 Å². The van der Waals surface area contributed by atoms with E-state index in [-0.39, 0.29) is 25.7 Å². The van der Waals surface area contributed by atoms with Crippen LogP contribution in [-0.2, 0) is 13.2 Å². The molecule has 3 aromatic rings. The summed E-state index contributed by atoms with van der Waals surface area (Å²) in [4.78, 5) is 18.7. The largest absolute Gasteiger partial charge is 0.485 e. The molecule has 0 saturated carbocycles. The second-order valence-electron chi connectivity index (χ2n) is 5.95. The number of para-hydroxylation sites is 1. The average Bonchev–Trinajstić information content (AvgIpc) is 3.12. The molecule has 140 valence electrons. The number of nitrogens with zero attached hydrogens (tertiary/aromatic N) is 3. The summed E-state index contributed by atoms with van der Waals surface area (Å²) in [5, 5.41) is 13.2. The van der Waals surface area contributed by atoms with Gasteiger partial charge < -0.3 is 19.3 Å². The highest BCUT2D eigenvalue weighted by atomic mass is 16.5. The van der Waals surface area contributed by atoms with Crippen molar-refractivity contribution in [3.63, 3.8) is 0 Å². The van der Waals surface area contributed by atoms with Crippen LogP contribution in [0.15, 0.2) is 59.1 Å². The maximum atomic E-state index is 13.1. The molecular formula is C20H21N3O4. The van der Waals surface area contributed by atoms with Crippen molar-refractivity contribution in [2.24, 2.45) is 0 Å². The molecule has 1 heterocycles. The maximum Gasteiger partial charge on any atom is 0.257 e. The monoisotopic (exact) mass is 367 g/mol. The van der Waals surface area contributed by atoms with Crippen molar-refractivity contribution in [2.45, 2.75) is 20.1 Å². The standard InChI is InChI=1S/C20H21N3O4/c1-15-21-19(22-27-15)14-26-18-10-6-5-9-17(18)20(25)23(11-12-24)13-16-7-3-2-4-8-16/h2-10,24H,11-14H2,1H3. The van der Waals surface area contributed by atoms with Crippen LogP contribution in [-0.4, -0.2) is 39.2 Å². The molecule has 0 bridgehead atoms. The van der Waals surface area contributed by atoms with Gasteiger partial charge in [0, 0.05) is 20.0 Å². The molecule has 0 aliphatic rings. The van der Waals surface area contributed by atoms with Gasteiger partial charge in [-0.05, 0) is 17.7 Å². The zero-order valence-corrected chi connectivity index (χ0v) is 15.0. The Hall–Kier alpha value is -3.19. The van der Waals surface area contributed by atoms with Gasteiger partial charge in [0.05, 0.1) is 12.2 Å². The predicted molar refractivity (Wildman–Crippen MR) is 98.1 cm³/mol. The van der Waals surface area contributed by atoms with Gasteiger partial charge in [-0.2, -0.15) is 4.98 Å². The molecule has 1 aromatic heterocycles. The fourth-order valence-corrected chi connectivity index (χ4v) is 2.66. The van der Waals surface area contributed by atoms with E-state index >= 15 is 0 Å². The topological polar surface area (TPSA) is 88.7 Å². The summed E-state index contributed by atoms with van der Waals surface area (Å²) in [6.07, 6.45) is 0. The van der Waals surface area contributed by atoms with Crippen LogP contribution in [0.3, 0.4) is 0 Å². The highest BCUT2D eigenvalue weighted by molar-refractivity contribution is 5.96.